The van der Waals surface area contributed by atoms with Crippen molar-refractivity contribution in [2.24, 2.45) is 0 Å². The van der Waals surface area contributed by atoms with Gasteiger partial charge < -0.3 is 10.1 Å². The Bertz CT molecular complexity index is 848. The lowest BCUT2D eigenvalue weighted by Crippen LogP contribution is -2.28. The van der Waals surface area contributed by atoms with Gasteiger partial charge in [0.25, 0.3) is 0 Å². The molecule has 3 rings (SSSR count). The third-order valence-electron chi connectivity index (χ3n) is 3.86. The first-order valence-electron chi connectivity index (χ1n) is 8.91. The molecule has 0 unspecified atom stereocenters. The number of carbonyl (C=O) groups is 1. The lowest BCUT2D eigenvalue weighted by atomic mass is 10.2. The van der Waals surface area contributed by atoms with Crippen molar-refractivity contribution in [3.05, 3.63) is 54.4 Å². The van der Waals surface area contributed by atoms with Gasteiger partial charge in [0.05, 0.1) is 6.61 Å². The van der Waals surface area contributed by atoms with Crippen molar-refractivity contribution in [1.82, 2.24) is 30.5 Å². The molecule has 0 bridgehead atoms. The second-order valence-electron chi connectivity index (χ2n) is 6.00. The fourth-order valence-electron chi connectivity index (χ4n) is 2.35. The lowest BCUT2D eigenvalue weighted by molar-refractivity contribution is -0.122. The quantitative estimate of drug-likeness (QED) is 0.584. The first-order chi connectivity index (χ1) is 13.2. The maximum Gasteiger partial charge on any atom is 0.243 e. The summed E-state index contributed by atoms with van der Waals surface area (Å²) < 4.78 is 5.63. The van der Waals surface area contributed by atoms with Gasteiger partial charge in [-0.05, 0) is 41.5 Å². The number of rotatable bonds is 9. The number of aromatic nitrogens is 5. The summed E-state index contributed by atoms with van der Waals surface area (Å²) in [6.45, 7) is 3.29. The molecule has 0 saturated carbocycles. The number of benzene rings is 1. The summed E-state index contributed by atoms with van der Waals surface area (Å²) in [4.78, 5) is 17.3. The Kier molecular flexibility index (Phi) is 6.45. The normalized spacial score (nSPS) is 10.6. The number of carbonyl (C=O) groups excluding carboxylic acids is 1. The number of nitrogens with one attached hydrogen (secondary N) is 1. The summed E-state index contributed by atoms with van der Waals surface area (Å²) >= 11 is 0. The van der Waals surface area contributed by atoms with Crippen LogP contribution in [0.4, 0.5) is 0 Å². The van der Waals surface area contributed by atoms with E-state index in [0.29, 0.717) is 12.4 Å². The first-order valence-corrected chi connectivity index (χ1v) is 8.91. The van der Waals surface area contributed by atoms with Crippen LogP contribution in [0.15, 0.2) is 48.8 Å². The number of nitrogens with zero attached hydrogens (tertiary/aromatic N) is 5. The van der Waals surface area contributed by atoms with E-state index >= 15 is 0 Å². The zero-order chi connectivity index (χ0) is 18.9. The summed E-state index contributed by atoms with van der Waals surface area (Å²) in [6, 6.07) is 11.3. The van der Waals surface area contributed by atoms with Crippen LogP contribution in [-0.4, -0.2) is 37.7 Å². The Morgan fingerprint density at radius 2 is 1.93 bits per heavy atom. The number of amides is 1. The van der Waals surface area contributed by atoms with Crippen LogP contribution in [0, 0.1) is 0 Å². The Morgan fingerprint density at radius 1 is 1.15 bits per heavy atom. The SMILES string of the molecule is CCCCOc1ccc(CNC(=O)Cn2nnc(-c3ccncc3)n2)cc1. The molecule has 0 fully saturated rings. The van der Waals surface area contributed by atoms with Crippen molar-refractivity contribution in [2.75, 3.05) is 6.61 Å². The summed E-state index contributed by atoms with van der Waals surface area (Å²) in [6.07, 6.45) is 5.46. The molecule has 1 amide bonds. The van der Waals surface area contributed by atoms with E-state index < -0.39 is 0 Å². The number of hydrogen-bond acceptors (Lipinski definition) is 6. The molecule has 2 aromatic heterocycles. The van der Waals surface area contributed by atoms with E-state index in [1.165, 1.54) is 4.80 Å². The molecule has 3 aromatic rings. The Morgan fingerprint density at radius 3 is 2.67 bits per heavy atom. The molecule has 140 valence electrons. The van der Waals surface area contributed by atoms with Crippen molar-refractivity contribution in [3.8, 4) is 17.1 Å². The molecular weight excluding hydrogens is 344 g/mol. The van der Waals surface area contributed by atoms with Gasteiger partial charge in [-0.15, -0.1) is 10.2 Å². The predicted molar refractivity (Wildman–Crippen MR) is 99.7 cm³/mol. The number of ether oxygens (including phenoxy) is 1. The molecule has 0 radical (unpaired) electrons. The number of hydrogen-bond donors (Lipinski definition) is 1. The molecule has 0 aliphatic heterocycles. The third-order valence-corrected chi connectivity index (χ3v) is 3.86. The van der Waals surface area contributed by atoms with Crippen LogP contribution in [0.2, 0.25) is 0 Å². The highest BCUT2D eigenvalue weighted by Crippen LogP contribution is 2.13. The molecule has 8 nitrogen and oxygen atoms in total. The summed E-state index contributed by atoms with van der Waals surface area (Å²) in [7, 11) is 0. The van der Waals surface area contributed by atoms with E-state index in [1.807, 2.05) is 24.3 Å². The predicted octanol–water partition coefficient (Wildman–Crippen LogP) is 2.23. The zero-order valence-electron chi connectivity index (χ0n) is 15.2. The van der Waals surface area contributed by atoms with Crippen LogP contribution < -0.4 is 10.1 Å². The molecule has 1 aromatic carbocycles. The van der Waals surface area contributed by atoms with Crippen LogP contribution in [0.5, 0.6) is 5.75 Å². The van der Waals surface area contributed by atoms with E-state index in [4.69, 9.17) is 4.74 Å². The van der Waals surface area contributed by atoms with Gasteiger partial charge in [0, 0.05) is 24.5 Å². The number of tetrazole rings is 1. The van der Waals surface area contributed by atoms with Crippen molar-refractivity contribution in [2.45, 2.75) is 32.9 Å². The van der Waals surface area contributed by atoms with Gasteiger partial charge in [-0.1, -0.05) is 25.5 Å². The molecule has 0 aliphatic rings. The minimum absolute atomic E-state index is 0.0102. The monoisotopic (exact) mass is 366 g/mol. The van der Waals surface area contributed by atoms with Crippen molar-refractivity contribution < 1.29 is 9.53 Å². The standard InChI is InChI=1S/C19H22N6O2/c1-2-3-12-27-17-6-4-15(5-7-17)13-21-18(26)14-25-23-19(22-24-25)16-8-10-20-11-9-16/h4-11H,2-3,12-14H2,1H3,(H,21,26). The molecule has 0 saturated heterocycles. The number of pyridine rings is 1. The van der Waals surface area contributed by atoms with Crippen LogP contribution in [0.25, 0.3) is 11.4 Å². The van der Waals surface area contributed by atoms with Gasteiger partial charge in [0.2, 0.25) is 11.7 Å². The van der Waals surface area contributed by atoms with E-state index in [9.17, 15) is 4.79 Å². The smallest absolute Gasteiger partial charge is 0.243 e. The summed E-state index contributed by atoms with van der Waals surface area (Å²) in [5.41, 5.74) is 1.80. The van der Waals surface area contributed by atoms with Crippen molar-refractivity contribution >= 4 is 5.91 Å². The molecule has 0 aliphatic carbocycles. The van der Waals surface area contributed by atoms with Crippen LogP contribution in [-0.2, 0) is 17.9 Å². The van der Waals surface area contributed by atoms with Gasteiger partial charge >= 0.3 is 0 Å². The maximum atomic E-state index is 12.1. The highest BCUT2D eigenvalue weighted by Gasteiger charge is 2.09. The minimum Gasteiger partial charge on any atom is -0.494 e. The largest absolute Gasteiger partial charge is 0.494 e. The molecule has 2 heterocycles. The number of unbranched alkanes of at least 4 members (excludes halogenated alkanes) is 1. The lowest BCUT2D eigenvalue weighted by Gasteiger charge is -2.07. The van der Waals surface area contributed by atoms with Gasteiger partial charge in [0.15, 0.2) is 0 Å². The molecular formula is C19H22N6O2. The Labute approximate surface area is 157 Å². The maximum absolute atomic E-state index is 12.1. The third kappa shape index (κ3) is 5.60. The van der Waals surface area contributed by atoms with Gasteiger partial charge in [-0.3, -0.25) is 9.78 Å². The minimum atomic E-state index is -0.183. The topological polar surface area (TPSA) is 94.8 Å². The van der Waals surface area contributed by atoms with Gasteiger partial charge in [-0.25, -0.2) is 0 Å². The molecule has 1 N–H and O–H groups in total. The highest BCUT2D eigenvalue weighted by molar-refractivity contribution is 5.75. The second-order valence-corrected chi connectivity index (χ2v) is 6.00. The van der Waals surface area contributed by atoms with Gasteiger partial charge in [-0.2, -0.15) is 4.80 Å². The average Bonchev–Trinajstić information content (AvgIpc) is 3.17. The molecule has 8 heteroatoms. The molecule has 0 spiro atoms. The van der Waals surface area contributed by atoms with Crippen LogP contribution >= 0.6 is 0 Å². The van der Waals surface area contributed by atoms with Crippen molar-refractivity contribution in [3.63, 3.8) is 0 Å². The fourth-order valence-corrected chi connectivity index (χ4v) is 2.35. The van der Waals surface area contributed by atoms with Crippen molar-refractivity contribution in [1.29, 1.82) is 0 Å². The van der Waals surface area contributed by atoms with E-state index in [1.54, 1.807) is 24.5 Å². The van der Waals surface area contributed by atoms with Crippen LogP contribution in [0.3, 0.4) is 0 Å². The first kappa shape index (κ1) is 18.5. The van der Waals surface area contributed by atoms with E-state index in [0.717, 1.165) is 36.3 Å². The Balaban J connectivity index is 1.46. The Hall–Kier alpha value is -3.29. The second kappa shape index (κ2) is 9.42. The van der Waals surface area contributed by atoms with E-state index in [2.05, 4.69) is 32.6 Å². The van der Waals surface area contributed by atoms with Crippen LogP contribution in [0.1, 0.15) is 25.3 Å². The fraction of sp³-hybridized carbons (Fsp3) is 0.316. The molecule has 27 heavy (non-hydrogen) atoms. The summed E-state index contributed by atoms with van der Waals surface area (Å²) in [5.74, 6) is 1.12. The highest BCUT2D eigenvalue weighted by atomic mass is 16.5. The van der Waals surface area contributed by atoms with Gasteiger partial charge in [0.1, 0.15) is 12.3 Å². The molecule has 0 atom stereocenters. The summed E-state index contributed by atoms with van der Waals surface area (Å²) in [5, 5.41) is 14.9. The van der Waals surface area contributed by atoms with E-state index in [-0.39, 0.29) is 12.5 Å². The average molecular weight is 366 g/mol. The zero-order valence-corrected chi connectivity index (χ0v) is 15.2.